The molecule has 0 amide bonds. The van der Waals surface area contributed by atoms with E-state index in [-0.39, 0.29) is 31.2 Å². The molecule has 1 N–H and O–H groups in total. The Bertz CT molecular complexity index is 362. The number of rotatable bonds is 6. The van der Waals surface area contributed by atoms with E-state index < -0.39 is 12.7 Å². The molecule has 1 aromatic heterocycles. The number of nitrogens with zero attached hydrogens (tertiary/aromatic N) is 1. The van der Waals surface area contributed by atoms with Crippen LogP contribution in [0, 0.1) is 0 Å². The van der Waals surface area contributed by atoms with Crippen molar-refractivity contribution < 1.29 is 27.5 Å². The molecule has 0 aliphatic heterocycles. The molecule has 0 aliphatic rings. The summed E-state index contributed by atoms with van der Waals surface area (Å²) in [5.41, 5.74) is 0. The summed E-state index contributed by atoms with van der Waals surface area (Å²) in [7, 11) is 0. The van der Waals surface area contributed by atoms with Crippen LogP contribution in [-0.4, -0.2) is 42.2 Å². The maximum Gasteiger partial charge on any atom is 0.401 e. The second-order valence-electron chi connectivity index (χ2n) is 3.47. The molecule has 0 unspecified atom stereocenters. The molecule has 17 heavy (non-hydrogen) atoms. The number of aliphatic hydroxyl groups excluding tert-OH is 1. The Morgan fingerprint density at radius 3 is 2.59 bits per heavy atom. The molecule has 0 aromatic carbocycles. The van der Waals surface area contributed by atoms with E-state index in [4.69, 9.17) is 9.52 Å². The van der Waals surface area contributed by atoms with Gasteiger partial charge in [-0.05, 0) is 12.1 Å². The van der Waals surface area contributed by atoms with Gasteiger partial charge < -0.3 is 9.52 Å². The number of hydrogen-bond acceptors (Lipinski definition) is 4. The van der Waals surface area contributed by atoms with E-state index in [2.05, 4.69) is 0 Å². The fourth-order valence-electron chi connectivity index (χ4n) is 1.37. The molecule has 0 bridgehead atoms. The van der Waals surface area contributed by atoms with Crippen LogP contribution < -0.4 is 0 Å². The topological polar surface area (TPSA) is 53.7 Å². The zero-order chi connectivity index (χ0) is 12.9. The molecular weight excluding hydrogens is 239 g/mol. The number of carbonyl (C=O) groups is 1. The fourth-order valence-corrected chi connectivity index (χ4v) is 1.37. The van der Waals surface area contributed by atoms with E-state index in [1.165, 1.54) is 12.1 Å². The van der Waals surface area contributed by atoms with Crippen LogP contribution in [0.1, 0.15) is 16.3 Å². The SMILES string of the molecule is O=Cc1ccc(CN(CCO)CC(F)(F)F)o1. The highest BCUT2D eigenvalue weighted by Gasteiger charge is 2.30. The molecule has 0 radical (unpaired) electrons. The first-order valence-electron chi connectivity index (χ1n) is 4.88. The van der Waals surface area contributed by atoms with Gasteiger partial charge in [0.1, 0.15) is 5.76 Å². The van der Waals surface area contributed by atoms with Crippen molar-refractivity contribution in [2.24, 2.45) is 0 Å². The number of hydrogen-bond donors (Lipinski definition) is 1. The summed E-state index contributed by atoms with van der Waals surface area (Å²) in [5.74, 6) is 0.320. The highest BCUT2D eigenvalue weighted by atomic mass is 19.4. The Balaban J connectivity index is 2.62. The summed E-state index contributed by atoms with van der Waals surface area (Å²) >= 11 is 0. The minimum absolute atomic E-state index is 0.0657. The van der Waals surface area contributed by atoms with Crippen molar-refractivity contribution in [2.75, 3.05) is 19.7 Å². The standard InChI is InChI=1S/C10H12F3NO3/c11-10(12,13)7-14(3-4-15)5-8-1-2-9(6-16)17-8/h1-2,6,15H,3-5,7H2. The second-order valence-corrected chi connectivity index (χ2v) is 3.47. The smallest absolute Gasteiger partial charge is 0.401 e. The molecule has 0 saturated heterocycles. The van der Waals surface area contributed by atoms with Crippen LogP contribution >= 0.6 is 0 Å². The first-order valence-corrected chi connectivity index (χ1v) is 4.88. The third-order valence-electron chi connectivity index (χ3n) is 2.00. The van der Waals surface area contributed by atoms with Gasteiger partial charge in [0.2, 0.25) is 0 Å². The predicted molar refractivity (Wildman–Crippen MR) is 52.5 cm³/mol. The lowest BCUT2D eigenvalue weighted by atomic mass is 10.3. The maximum atomic E-state index is 12.2. The first kappa shape index (κ1) is 13.7. The first-order chi connectivity index (χ1) is 7.94. The Morgan fingerprint density at radius 1 is 1.41 bits per heavy atom. The van der Waals surface area contributed by atoms with Gasteiger partial charge in [-0.1, -0.05) is 0 Å². The Morgan fingerprint density at radius 2 is 2.12 bits per heavy atom. The molecule has 4 nitrogen and oxygen atoms in total. The van der Waals surface area contributed by atoms with Gasteiger partial charge in [-0.2, -0.15) is 13.2 Å². The molecule has 0 spiro atoms. The predicted octanol–water partition coefficient (Wildman–Crippen LogP) is 1.45. The van der Waals surface area contributed by atoms with Crippen molar-refractivity contribution in [1.29, 1.82) is 0 Å². The summed E-state index contributed by atoms with van der Waals surface area (Å²) in [4.78, 5) is 11.3. The molecule has 1 aromatic rings. The molecule has 0 fully saturated rings. The lowest BCUT2D eigenvalue weighted by Crippen LogP contribution is -2.35. The number of alkyl halides is 3. The highest BCUT2D eigenvalue weighted by Crippen LogP contribution is 2.18. The highest BCUT2D eigenvalue weighted by molar-refractivity contribution is 5.70. The van der Waals surface area contributed by atoms with E-state index in [0.717, 1.165) is 4.90 Å². The van der Waals surface area contributed by atoms with Crippen LogP contribution in [0.25, 0.3) is 0 Å². The summed E-state index contributed by atoms with van der Waals surface area (Å²) < 4.78 is 41.5. The third kappa shape index (κ3) is 5.01. The quantitative estimate of drug-likeness (QED) is 0.777. The van der Waals surface area contributed by atoms with E-state index in [9.17, 15) is 18.0 Å². The van der Waals surface area contributed by atoms with Gasteiger partial charge in [-0.3, -0.25) is 9.69 Å². The Labute approximate surface area is 95.6 Å². The van der Waals surface area contributed by atoms with Crippen LogP contribution in [0.2, 0.25) is 0 Å². The van der Waals surface area contributed by atoms with Crippen molar-refractivity contribution >= 4 is 6.29 Å². The van der Waals surface area contributed by atoms with Gasteiger partial charge >= 0.3 is 6.18 Å². The summed E-state index contributed by atoms with van der Waals surface area (Å²) in [6, 6.07) is 2.82. The second kappa shape index (κ2) is 5.83. The molecule has 1 heterocycles. The third-order valence-corrected chi connectivity index (χ3v) is 2.00. The van der Waals surface area contributed by atoms with Crippen LogP contribution in [0.15, 0.2) is 16.5 Å². The zero-order valence-corrected chi connectivity index (χ0v) is 8.91. The minimum Gasteiger partial charge on any atom is -0.457 e. The molecular formula is C10H12F3NO3. The van der Waals surface area contributed by atoms with E-state index in [1.807, 2.05) is 0 Å². The summed E-state index contributed by atoms with van der Waals surface area (Å²) in [6.45, 7) is -1.73. The van der Waals surface area contributed by atoms with Crippen LogP contribution in [0.5, 0.6) is 0 Å². The van der Waals surface area contributed by atoms with Gasteiger partial charge in [0.25, 0.3) is 0 Å². The van der Waals surface area contributed by atoms with Gasteiger partial charge in [0.15, 0.2) is 12.0 Å². The van der Waals surface area contributed by atoms with Gasteiger partial charge in [0, 0.05) is 6.54 Å². The molecule has 0 atom stereocenters. The molecule has 1 rings (SSSR count). The van der Waals surface area contributed by atoms with Crippen molar-refractivity contribution in [1.82, 2.24) is 4.90 Å². The van der Waals surface area contributed by atoms with E-state index >= 15 is 0 Å². The van der Waals surface area contributed by atoms with Crippen LogP contribution in [0.3, 0.4) is 0 Å². The fraction of sp³-hybridized carbons (Fsp3) is 0.500. The van der Waals surface area contributed by atoms with Crippen molar-refractivity contribution in [3.8, 4) is 0 Å². The zero-order valence-electron chi connectivity index (χ0n) is 8.91. The Hall–Kier alpha value is -1.34. The minimum atomic E-state index is -4.34. The summed E-state index contributed by atoms with van der Waals surface area (Å²) in [6.07, 6.45) is -3.86. The average Bonchev–Trinajstić information content (AvgIpc) is 2.63. The van der Waals surface area contributed by atoms with Crippen molar-refractivity contribution in [2.45, 2.75) is 12.7 Å². The molecule has 0 aliphatic carbocycles. The van der Waals surface area contributed by atoms with E-state index in [0.29, 0.717) is 6.29 Å². The van der Waals surface area contributed by atoms with Gasteiger partial charge in [0.05, 0.1) is 19.7 Å². The largest absolute Gasteiger partial charge is 0.457 e. The van der Waals surface area contributed by atoms with Crippen molar-refractivity contribution in [3.05, 3.63) is 23.7 Å². The normalized spacial score (nSPS) is 12.1. The summed E-state index contributed by atoms with van der Waals surface area (Å²) in [5, 5.41) is 8.67. The van der Waals surface area contributed by atoms with Crippen LogP contribution in [0.4, 0.5) is 13.2 Å². The lowest BCUT2D eigenvalue weighted by molar-refractivity contribution is -0.148. The lowest BCUT2D eigenvalue weighted by Gasteiger charge is -2.21. The number of halogens is 3. The number of carbonyl (C=O) groups excluding carboxylic acids is 1. The number of aliphatic hydroxyl groups is 1. The molecule has 7 heteroatoms. The monoisotopic (exact) mass is 251 g/mol. The van der Waals surface area contributed by atoms with Crippen molar-refractivity contribution in [3.63, 3.8) is 0 Å². The van der Waals surface area contributed by atoms with E-state index in [1.54, 1.807) is 0 Å². The number of aldehydes is 1. The van der Waals surface area contributed by atoms with Gasteiger partial charge in [-0.25, -0.2) is 0 Å². The van der Waals surface area contributed by atoms with Crippen LogP contribution in [-0.2, 0) is 6.54 Å². The maximum absolute atomic E-state index is 12.2. The molecule has 0 saturated carbocycles. The van der Waals surface area contributed by atoms with Gasteiger partial charge in [-0.15, -0.1) is 0 Å². The molecule has 96 valence electrons. The average molecular weight is 251 g/mol. The number of furan rings is 1. The Kier molecular flexibility index (Phi) is 4.71.